The molecule has 1 unspecified atom stereocenters. The molecule has 1 fully saturated rings. The van der Waals surface area contributed by atoms with Crippen LogP contribution in [0.15, 0.2) is 11.3 Å². The minimum atomic E-state index is -0.689. The fourth-order valence-electron chi connectivity index (χ4n) is 2.12. The van der Waals surface area contributed by atoms with Crippen molar-refractivity contribution in [3.63, 3.8) is 0 Å². The molecule has 0 bridgehead atoms. The molecule has 122 valence electrons. The third kappa shape index (κ3) is 3.41. The minimum Gasteiger partial charge on any atom is -0.461 e. The van der Waals surface area contributed by atoms with E-state index in [1.54, 1.807) is 20.8 Å². The number of halogens is 1. The maximum absolute atomic E-state index is 12.4. The standard InChI is InChI=1S/C14H18ClNO5S/c1-7(17)20-5-8-6-22-12-9(15)11(18)16(12)10(8)13(19)21-14(2,3)4/h9,12H,5-6H2,1-4H3/t9-,12?/m1/s1. The van der Waals surface area contributed by atoms with E-state index in [1.807, 2.05) is 0 Å². The maximum atomic E-state index is 12.4. The summed E-state index contributed by atoms with van der Waals surface area (Å²) >= 11 is 7.42. The first kappa shape index (κ1) is 17.1. The number of hydrogen-bond donors (Lipinski definition) is 0. The zero-order valence-electron chi connectivity index (χ0n) is 12.8. The summed E-state index contributed by atoms with van der Waals surface area (Å²) in [5, 5.41) is -0.921. The Kier molecular flexibility index (Phi) is 4.77. The number of carbonyl (C=O) groups is 3. The third-order valence-corrected chi connectivity index (χ3v) is 4.94. The van der Waals surface area contributed by atoms with Crippen LogP contribution in [0.2, 0.25) is 0 Å². The number of amides is 1. The van der Waals surface area contributed by atoms with Crippen molar-refractivity contribution in [3.8, 4) is 0 Å². The second kappa shape index (κ2) is 6.12. The van der Waals surface area contributed by atoms with Crippen LogP contribution in [-0.4, -0.2) is 51.5 Å². The molecule has 1 saturated heterocycles. The lowest BCUT2D eigenvalue weighted by molar-refractivity contribution is -0.157. The van der Waals surface area contributed by atoms with Gasteiger partial charge in [0.05, 0.1) is 0 Å². The van der Waals surface area contributed by atoms with E-state index in [9.17, 15) is 14.4 Å². The van der Waals surface area contributed by atoms with E-state index < -0.39 is 22.9 Å². The van der Waals surface area contributed by atoms with Crippen molar-refractivity contribution in [1.82, 2.24) is 4.90 Å². The van der Waals surface area contributed by atoms with Crippen molar-refractivity contribution in [2.75, 3.05) is 12.4 Å². The van der Waals surface area contributed by atoms with Crippen LogP contribution in [0.25, 0.3) is 0 Å². The number of hydrogen-bond acceptors (Lipinski definition) is 6. The van der Waals surface area contributed by atoms with Gasteiger partial charge in [-0.1, -0.05) is 0 Å². The van der Waals surface area contributed by atoms with Gasteiger partial charge in [-0.2, -0.15) is 0 Å². The Labute approximate surface area is 138 Å². The van der Waals surface area contributed by atoms with Crippen LogP contribution in [0, 0.1) is 0 Å². The highest BCUT2D eigenvalue weighted by molar-refractivity contribution is 8.00. The Morgan fingerprint density at radius 2 is 2.05 bits per heavy atom. The highest BCUT2D eigenvalue weighted by Crippen LogP contribution is 2.43. The molecule has 0 aliphatic carbocycles. The van der Waals surface area contributed by atoms with Crippen molar-refractivity contribution in [3.05, 3.63) is 11.3 Å². The quantitative estimate of drug-likeness (QED) is 0.439. The van der Waals surface area contributed by atoms with E-state index in [1.165, 1.54) is 23.6 Å². The van der Waals surface area contributed by atoms with Crippen LogP contribution in [0.5, 0.6) is 0 Å². The van der Waals surface area contributed by atoms with Crippen molar-refractivity contribution in [2.45, 2.75) is 44.0 Å². The summed E-state index contributed by atoms with van der Waals surface area (Å²) in [5.41, 5.74) is 0.0230. The molecule has 22 heavy (non-hydrogen) atoms. The molecule has 2 atom stereocenters. The molecule has 2 aliphatic rings. The second-order valence-electron chi connectivity index (χ2n) is 6.05. The number of rotatable bonds is 3. The molecule has 0 spiro atoms. The van der Waals surface area contributed by atoms with Gasteiger partial charge in [-0.3, -0.25) is 14.5 Å². The Hall–Kier alpha value is -1.21. The fraction of sp³-hybridized carbons (Fsp3) is 0.643. The van der Waals surface area contributed by atoms with E-state index in [0.29, 0.717) is 11.3 Å². The monoisotopic (exact) mass is 347 g/mol. The molecule has 0 radical (unpaired) electrons. The molecule has 0 N–H and O–H groups in total. The maximum Gasteiger partial charge on any atom is 0.355 e. The van der Waals surface area contributed by atoms with Gasteiger partial charge in [0, 0.05) is 18.2 Å². The Morgan fingerprint density at radius 1 is 1.41 bits per heavy atom. The summed E-state index contributed by atoms with van der Waals surface area (Å²) in [5.74, 6) is -0.926. The summed E-state index contributed by atoms with van der Waals surface area (Å²) in [6.07, 6.45) is 0. The van der Waals surface area contributed by atoms with E-state index >= 15 is 0 Å². The third-order valence-electron chi connectivity index (χ3n) is 3.02. The SMILES string of the molecule is CC(=O)OCC1=C(C(=O)OC(C)(C)C)N2C(=O)[C@@H](Cl)C2SC1. The largest absolute Gasteiger partial charge is 0.461 e. The van der Waals surface area contributed by atoms with Crippen LogP contribution < -0.4 is 0 Å². The topological polar surface area (TPSA) is 72.9 Å². The zero-order chi connectivity index (χ0) is 16.7. The molecule has 0 saturated carbocycles. The van der Waals surface area contributed by atoms with Crippen LogP contribution in [0.4, 0.5) is 0 Å². The van der Waals surface area contributed by atoms with Gasteiger partial charge in [0.1, 0.15) is 28.7 Å². The number of ether oxygens (including phenoxy) is 2. The second-order valence-corrected chi connectivity index (χ2v) is 7.62. The predicted molar refractivity (Wildman–Crippen MR) is 82.2 cm³/mol. The first-order valence-corrected chi connectivity index (χ1v) is 8.28. The number of carbonyl (C=O) groups excluding carboxylic acids is 3. The summed E-state index contributed by atoms with van der Waals surface area (Å²) in [6.45, 7) is 6.48. The average molecular weight is 348 g/mol. The molecular formula is C14H18ClNO5S. The molecular weight excluding hydrogens is 330 g/mol. The molecule has 8 heteroatoms. The lowest BCUT2D eigenvalue weighted by Gasteiger charge is -2.47. The summed E-state index contributed by atoms with van der Waals surface area (Å²) < 4.78 is 10.3. The molecule has 0 aromatic rings. The molecule has 2 rings (SSSR count). The van der Waals surface area contributed by atoms with Gasteiger partial charge in [0.15, 0.2) is 0 Å². The Bertz CT molecular complexity index is 554. The smallest absolute Gasteiger partial charge is 0.355 e. The zero-order valence-corrected chi connectivity index (χ0v) is 14.4. The van der Waals surface area contributed by atoms with Crippen molar-refractivity contribution >= 4 is 41.2 Å². The fourth-order valence-corrected chi connectivity index (χ4v) is 3.79. The molecule has 2 aliphatic heterocycles. The molecule has 0 aromatic heterocycles. The summed E-state index contributed by atoms with van der Waals surface area (Å²) in [6, 6.07) is 0. The van der Waals surface area contributed by atoms with Crippen molar-refractivity contribution < 1.29 is 23.9 Å². The lowest BCUT2D eigenvalue weighted by atomic mass is 10.1. The van der Waals surface area contributed by atoms with Gasteiger partial charge >= 0.3 is 11.9 Å². The highest BCUT2D eigenvalue weighted by Gasteiger charge is 2.53. The van der Waals surface area contributed by atoms with Gasteiger partial charge in [-0.15, -0.1) is 23.4 Å². The Balaban J connectivity index is 2.30. The summed E-state index contributed by atoms with van der Waals surface area (Å²) in [4.78, 5) is 36.8. The normalized spacial score (nSPS) is 24.6. The number of fused-ring (bicyclic) bond motifs is 1. The summed E-state index contributed by atoms with van der Waals surface area (Å²) in [7, 11) is 0. The first-order valence-electron chi connectivity index (χ1n) is 6.79. The van der Waals surface area contributed by atoms with Gasteiger partial charge in [0.2, 0.25) is 5.91 Å². The highest BCUT2D eigenvalue weighted by atomic mass is 35.5. The van der Waals surface area contributed by atoms with Crippen LogP contribution in [0.3, 0.4) is 0 Å². The van der Waals surface area contributed by atoms with E-state index in [2.05, 4.69) is 0 Å². The van der Waals surface area contributed by atoms with Crippen LogP contribution in [-0.2, 0) is 23.9 Å². The van der Waals surface area contributed by atoms with Gasteiger partial charge in [0.25, 0.3) is 0 Å². The number of β-lactam (4-membered cyclic amide) rings is 1. The number of nitrogens with zero attached hydrogens (tertiary/aromatic N) is 1. The number of alkyl halides is 1. The van der Waals surface area contributed by atoms with Crippen molar-refractivity contribution in [2.24, 2.45) is 0 Å². The first-order chi connectivity index (χ1) is 10.1. The molecule has 6 nitrogen and oxygen atoms in total. The van der Waals surface area contributed by atoms with E-state index in [4.69, 9.17) is 21.1 Å². The number of esters is 2. The van der Waals surface area contributed by atoms with E-state index in [-0.39, 0.29) is 23.6 Å². The predicted octanol–water partition coefficient (Wildman–Crippen LogP) is 1.67. The van der Waals surface area contributed by atoms with Crippen molar-refractivity contribution in [1.29, 1.82) is 0 Å². The molecule has 2 heterocycles. The van der Waals surface area contributed by atoms with Gasteiger partial charge < -0.3 is 9.47 Å². The number of thioether (sulfide) groups is 1. The molecule has 1 amide bonds. The minimum absolute atomic E-state index is 0.0413. The van der Waals surface area contributed by atoms with E-state index in [0.717, 1.165) is 0 Å². The average Bonchev–Trinajstić information content (AvgIpc) is 2.41. The molecule has 0 aromatic carbocycles. The Morgan fingerprint density at radius 3 is 2.59 bits per heavy atom. The van der Waals surface area contributed by atoms with Gasteiger partial charge in [-0.05, 0) is 20.8 Å². The van der Waals surface area contributed by atoms with Gasteiger partial charge in [-0.25, -0.2) is 4.79 Å². The lowest BCUT2D eigenvalue weighted by Crippen LogP contribution is -2.63. The van der Waals surface area contributed by atoms with Crippen LogP contribution >= 0.6 is 23.4 Å². The van der Waals surface area contributed by atoms with Crippen LogP contribution in [0.1, 0.15) is 27.7 Å².